The number of fused-ring (bicyclic) bond motifs is 1. The van der Waals surface area contributed by atoms with Crippen LogP contribution in [0.3, 0.4) is 0 Å². The quantitative estimate of drug-likeness (QED) is 0.849. The number of amides is 1. The van der Waals surface area contributed by atoms with Gasteiger partial charge in [-0.2, -0.15) is 0 Å². The van der Waals surface area contributed by atoms with Gasteiger partial charge in [-0.1, -0.05) is 12.1 Å². The van der Waals surface area contributed by atoms with E-state index in [4.69, 9.17) is 15.2 Å². The lowest BCUT2D eigenvalue weighted by Gasteiger charge is -2.15. The third kappa shape index (κ3) is 2.76. The Bertz CT molecular complexity index is 685. The van der Waals surface area contributed by atoms with E-state index in [-0.39, 0.29) is 18.7 Å². The maximum absolute atomic E-state index is 12.2. The van der Waals surface area contributed by atoms with Gasteiger partial charge < -0.3 is 20.5 Å². The van der Waals surface area contributed by atoms with Crippen molar-refractivity contribution < 1.29 is 14.3 Å². The number of anilines is 1. The molecule has 1 atom stereocenters. The zero-order chi connectivity index (χ0) is 14.8. The zero-order valence-corrected chi connectivity index (χ0v) is 11.6. The molecule has 2 aromatic carbocycles. The van der Waals surface area contributed by atoms with Gasteiger partial charge in [-0.15, -0.1) is 0 Å². The molecular weight excluding hydrogens is 268 g/mol. The Balaban J connectivity index is 1.74. The second-order valence-corrected chi connectivity index (χ2v) is 4.93. The van der Waals surface area contributed by atoms with Crippen LogP contribution in [0.5, 0.6) is 11.5 Å². The van der Waals surface area contributed by atoms with Gasteiger partial charge in [0.05, 0.1) is 6.04 Å². The maximum Gasteiger partial charge on any atom is 0.251 e. The van der Waals surface area contributed by atoms with Crippen molar-refractivity contribution >= 4 is 11.6 Å². The average molecular weight is 284 g/mol. The van der Waals surface area contributed by atoms with E-state index in [1.807, 2.05) is 25.1 Å². The van der Waals surface area contributed by atoms with E-state index in [9.17, 15) is 4.79 Å². The van der Waals surface area contributed by atoms with Crippen LogP contribution in [-0.4, -0.2) is 12.7 Å². The second kappa shape index (κ2) is 5.36. The zero-order valence-electron chi connectivity index (χ0n) is 11.6. The smallest absolute Gasteiger partial charge is 0.251 e. The summed E-state index contributed by atoms with van der Waals surface area (Å²) in [5.41, 5.74) is 7.76. The molecule has 3 N–H and O–H groups in total. The van der Waals surface area contributed by atoms with Crippen molar-refractivity contribution in [1.29, 1.82) is 0 Å². The summed E-state index contributed by atoms with van der Waals surface area (Å²) in [7, 11) is 0. The van der Waals surface area contributed by atoms with Crippen LogP contribution in [0.4, 0.5) is 5.69 Å². The van der Waals surface area contributed by atoms with Crippen molar-refractivity contribution in [3.63, 3.8) is 0 Å². The number of hydrogen-bond acceptors (Lipinski definition) is 4. The largest absolute Gasteiger partial charge is 0.454 e. The van der Waals surface area contributed by atoms with Gasteiger partial charge >= 0.3 is 0 Å². The molecule has 1 amide bonds. The molecule has 0 saturated heterocycles. The minimum Gasteiger partial charge on any atom is -0.454 e. The van der Waals surface area contributed by atoms with Gasteiger partial charge in [0.2, 0.25) is 6.79 Å². The summed E-state index contributed by atoms with van der Waals surface area (Å²) in [6.07, 6.45) is 0. The highest BCUT2D eigenvalue weighted by atomic mass is 16.7. The van der Waals surface area contributed by atoms with Crippen molar-refractivity contribution in [3.8, 4) is 11.5 Å². The number of hydrogen-bond donors (Lipinski definition) is 2. The average Bonchev–Trinajstić information content (AvgIpc) is 2.94. The van der Waals surface area contributed by atoms with Crippen LogP contribution in [0, 0.1) is 0 Å². The monoisotopic (exact) mass is 284 g/mol. The molecule has 0 bridgehead atoms. The van der Waals surface area contributed by atoms with E-state index < -0.39 is 0 Å². The van der Waals surface area contributed by atoms with Gasteiger partial charge in [0.15, 0.2) is 11.5 Å². The van der Waals surface area contributed by atoms with Crippen LogP contribution in [0.1, 0.15) is 28.9 Å². The molecule has 5 heteroatoms. The number of carbonyl (C=O) groups is 1. The number of rotatable bonds is 3. The summed E-state index contributed by atoms with van der Waals surface area (Å²) in [4.78, 5) is 12.2. The van der Waals surface area contributed by atoms with E-state index in [0.29, 0.717) is 17.0 Å². The molecule has 108 valence electrons. The number of nitrogens with one attached hydrogen (secondary N) is 1. The van der Waals surface area contributed by atoms with E-state index in [2.05, 4.69) is 5.32 Å². The number of nitrogen functional groups attached to an aromatic ring is 1. The van der Waals surface area contributed by atoms with Gasteiger partial charge in [-0.3, -0.25) is 4.79 Å². The fraction of sp³-hybridized carbons (Fsp3) is 0.188. The van der Waals surface area contributed by atoms with Gasteiger partial charge in [-0.25, -0.2) is 0 Å². The van der Waals surface area contributed by atoms with Crippen molar-refractivity contribution in [2.75, 3.05) is 12.5 Å². The van der Waals surface area contributed by atoms with Crippen LogP contribution in [0.15, 0.2) is 42.5 Å². The van der Waals surface area contributed by atoms with E-state index >= 15 is 0 Å². The lowest BCUT2D eigenvalue weighted by Crippen LogP contribution is -2.26. The summed E-state index contributed by atoms with van der Waals surface area (Å²) < 4.78 is 10.6. The topological polar surface area (TPSA) is 73.6 Å². The third-order valence-corrected chi connectivity index (χ3v) is 3.39. The van der Waals surface area contributed by atoms with Gasteiger partial charge in [0.25, 0.3) is 5.91 Å². The number of ether oxygens (including phenoxy) is 2. The SMILES string of the molecule is CC(NC(=O)c1cccc(N)c1)c1ccc2c(c1)OCO2. The van der Waals surface area contributed by atoms with Crippen molar-refractivity contribution in [2.24, 2.45) is 0 Å². The van der Waals surface area contributed by atoms with Crippen molar-refractivity contribution in [1.82, 2.24) is 5.32 Å². The summed E-state index contributed by atoms with van der Waals surface area (Å²) >= 11 is 0. The molecule has 1 heterocycles. The Labute approximate surface area is 122 Å². The Morgan fingerprint density at radius 2 is 2.00 bits per heavy atom. The molecule has 1 aliphatic rings. The minimum absolute atomic E-state index is 0.145. The first-order valence-corrected chi connectivity index (χ1v) is 6.69. The summed E-state index contributed by atoms with van der Waals surface area (Å²) in [5, 5.41) is 2.94. The predicted molar refractivity (Wildman–Crippen MR) is 79.3 cm³/mol. The second-order valence-electron chi connectivity index (χ2n) is 4.93. The fourth-order valence-corrected chi connectivity index (χ4v) is 2.23. The highest BCUT2D eigenvalue weighted by Gasteiger charge is 2.17. The summed E-state index contributed by atoms with van der Waals surface area (Å²) in [6, 6.07) is 12.4. The van der Waals surface area contributed by atoms with Crippen LogP contribution in [-0.2, 0) is 0 Å². The van der Waals surface area contributed by atoms with E-state index in [1.165, 1.54) is 0 Å². The van der Waals surface area contributed by atoms with E-state index in [0.717, 1.165) is 11.3 Å². The first-order valence-electron chi connectivity index (χ1n) is 6.69. The Kier molecular flexibility index (Phi) is 3.39. The molecule has 21 heavy (non-hydrogen) atoms. The highest BCUT2D eigenvalue weighted by Crippen LogP contribution is 2.34. The number of benzene rings is 2. The number of carbonyl (C=O) groups excluding carboxylic acids is 1. The molecule has 1 unspecified atom stereocenters. The molecule has 3 rings (SSSR count). The first-order chi connectivity index (χ1) is 10.1. The van der Waals surface area contributed by atoms with Crippen LogP contribution >= 0.6 is 0 Å². The van der Waals surface area contributed by atoms with Gasteiger partial charge in [0.1, 0.15) is 0 Å². The Morgan fingerprint density at radius 3 is 2.81 bits per heavy atom. The fourth-order valence-electron chi connectivity index (χ4n) is 2.23. The Hall–Kier alpha value is -2.69. The van der Waals surface area contributed by atoms with E-state index in [1.54, 1.807) is 24.3 Å². The first kappa shape index (κ1) is 13.3. The molecule has 0 aromatic heterocycles. The number of nitrogens with two attached hydrogens (primary N) is 1. The Morgan fingerprint density at radius 1 is 1.19 bits per heavy atom. The van der Waals surface area contributed by atoms with Gasteiger partial charge in [-0.05, 0) is 42.8 Å². The lowest BCUT2D eigenvalue weighted by atomic mass is 10.1. The summed E-state index contributed by atoms with van der Waals surface area (Å²) in [6.45, 7) is 2.16. The molecule has 2 aromatic rings. The summed E-state index contributed by atoms with van der Waals surface area (Å²) in [5.74, 6) is 1.28. The normalized spacial score (nSPS) is 13.8. The molecular formula is C16H16N2O3. The van der Waals surface area contributed by atoms with Crippen molar-refractivity contribution in [3.05, 3.63) is 53.6 Å². The van der Waals surface area contributed by atoms with Gasteiger partial charge in [0, 0.05) is 11.3 Å². The molecule has 0 radical (unpaired) electrons. The standard InChI is InChI=1S/C16H16N2O3/c1-10(11-5-6-14-15(8-11)21-9-20-14)18-16(19)12-3-2-4-13(17)7-12/h2-8,10H,9,17H2,1H3,(H,18,19). The molecule has 0 fully saturated rings. The molecule has 0 aliphatic carbocycles. The lowest BCUT2D eigenvalue weighted by molar-refractivity contribution is 0.0940. The molecule has 5 nitrogen and oxygen atoms in total. The van der Waals surface area contributed by atoms with Crippen LogP contribution in [0.2, 0.25) is 0 Å². The molecule has 0 spiro atoms. The molecule has 1 aliphatic heterocycles. The highest BCUT2D eigenvalue weighted by molar-refractivity contribution is 5.95. The minimum atomic E-state index is -0.160. The third-order valence-electron chi connectivity index (χ3n) is 3.39. The van der Waals surface area contributed by atoms with Crippen LogP contribution in [0.25, 0.3) is 0 Å². The predicted octanol–water partition coefficient (Wildman–Crippen LogP) is 2.49. The maximum atomic E-state index is 12.2. The van der Waals surface area contributed by atoms with Crippen LogP contribution < -0.4 is 20.5 Å². The van der Waals surface area contributed by atoms with Crippen molar-refractivity contribution in [2.45, 2.75) is 13.0 Å². The molecule has 0 saturated carbocycles.